The summed E-state index contributed by atoms with van der Waals surface area (Å²) >= 11 is 0. The molecule has 0 aliphatic carbocycles. The molecule has 0 radical (unpaired) electrons. The van der Waals surface area contributed by atoms with E-state index in [9.17, 15) is 29.4 Å². The number of nitrogens with two attached hydrogens (primary N) is 1. The number of aliphatic hydroxyl groups excluding tert-OH is 1. The highest BCUT2D eigenvalue weighted by molar-refractivity contribution is 5.94. The Bertz CT molecular complexity index is 784. The molecule has 0 heterocycles. The van der Waals surface area contributed by atoms with E-state index in [1.165, 1.54) is 13.8 Å². The quantitative estimate of drug-likeness (QED) is 0.250. The Balaban J connectivity index is 2.74. The van der Waals surface area contributed by atoms with Crippen LogP contribution >= 0.6 is 0 Å². The molecule has 7 N–H and O–H groups in total. The predicted molar refractivity (Wildman–Crippen MR) is 118 cm³/mol. The molecule has 178 valence electrons. The van der Waals surface area contributed by atoms with Gasteiger partial charge in [0.15, 0.2) is 0 Å². The standard InChI is InChI=1S/C22H34N4O6/c1-12(2)10-16(23)20(29)26-18(14(4)27)21(30)24-13(3)19(28)25-17(22(31)32)11-15-8-6-5-7-9-15/h5-9,12-14,16-18,27H,10-11,23H2,1-4H3,(H,24,30)(H,25,28)(H,26,29)(H,31,32). The van der Waals surface area contributed by atoms with Crippen LogP contribution in [0.15, 0.2) is 30.3 Å². The number of nitrogens with one attached hydrogen (secondary N) is 3. The molecule has 1 aromatic carbocycles. The van der Waals surface area contributed by atoms with Gasteiger partial charge in [0.1, 0.15) is 18.1 Å². The average Bonchev–Trinajstić information content (AvgIpc) is 2.70. The molecule has 0 saturated heterocycles. The van der Waals surface area contributed by atoms with Gasteiger partial charge in [-0.15, -0.1) is 0 Å². The summed E-state index contributed by atoms with van der Waals surface area (Å²) < 4.78 is 0. The number of aliphatic hydroxyl groups is 1. The number of carboxylic acid groups (broad SMARTS) is 1. The van der Waals surface area contributed by atoms with E-state index in [-0.39, 0.29) is 12.3 Å². The summed E-state index contributed by atoms with van der Waals surface area (Å²) in [6.45, 7) is 6.49. The van der Waals surface area contributed by atoms with Crippen LogP contribution in [0.3, 0.4) is 0 Å². The van der Waals surface area contributed by atoms with Crippen LogP contribution in [0.25, 0.3) is 0 Å². The van der Waals surface area contributed by atoms with Gasteiger partial charge in [-0.3, -0.25) is 14.4 Å². The first-order chi connectivity index (χ1) is 14.9. The van der Waals surface area contributed by atoms with Crippen LogP contribution < -0.4 is 21.7 Å². The lowest BCUT2D eigenvalue weighted by molar-refractivity contribution is -0.142. The number of carbonyl (C=O) groups is 4. The van der Waals surface area contributed by atoms with Gasteiger partial charge < -0.3 is 31.9 Å². The lowest BCUT2D eigenvalue weighted by atomic mass is 10.0. The van der Waals surface area contributed by atoms with E-state index in [2.05, 4.69) is 16.0 Å². The average molecular weight is 451 g/mol. The highest BCUT2D eigenvalue weighted by atomic mass is 16.4. The highest BCUT2D eigenvalue weighted by Gasteiger charge is 2.31. The number of benzene rings is 1. The molecule has 32 heavy (non-hydrogen) atoms. The SMILES string of the molecule is CC(C)CC(N)C(=O)NC(C(=O)NC(C)C(=O)NC(Cc1ccccc1)C(=O)O)C(C)O. The number of carbonyl (C=O) groups excluding carboxylic acids is 3. The first-order valence-electron chi connectivity index (χ1n) is 10.5. The van der Waals surface area contributed by atoms with E-state index in [1.54, 1.807) is 30.3 Å². The minimum Gasteiger partial charge on any atom is -0.480 e. The second-order valence-corrected chi connectivity index (χ2v) is 8.28. The zero-order chi connectivity index (χ0) is 24.4. The van der Waals surface area contributed by atoms with E-state index in [4.69, 9.17) is 5.73 Å². The van der Waals surface area contributed by atoms with Crippen molar-refractivity contribution in [2.75, 3.05) is 0 Å². The Labute approximate surface area is 187 Å². The molecule has 0 spiro atoms. The summed E-state index contributed by atoms with van der Waals surface area (Å²) in [6.07, 6.45) is -0.773. The number of hydrogen-bond acceptors (Lipinski definition) is 6. The van der Waals surface area contributed by atoms with Crippen LogP contribution in [0.4, 0.5) is 0 Å². The van der Waals surface area contributed by atoms with Crippen molar-refractivity contribution >= 4 is 23.7 Å². The maximum Gasteiger partial charge on any atom is 0.326 e. The molecule has 0 fully saturated rings. The van der Waals surface area contributed by atoms with Crippen LogP contribution in [0, 0.1) is 5.92 Å². The Morgan fingerprint density at radius 1 is 0.906 bits per heavy atom. The summed E-state index contributed by atoms with van der Waals surface area (Å²) in [5.74, 6) is -3.15. The fourth-order valence-corrected chi connectivity index (χ4v) is 3.00. The van der Waals surface area contributed by atoms with Crippen molar-refractivity contribution < 1.29 is 29.4 Å². The zero-order valence-corrected chi connectivity index (χ0v) is 18.9. The van der Waals surface area contributed by atoms with Gasteiger partial charge in [-0.1, -0.05) is 44.2 Å². The summed E-state index contributed by atoms with van der Waals surface area (Å²) in [4.78, 5) is 48.8. The molecular formula is C22H34N4O6. The van der Waals surface area contributed by atoms with Crippen LogP contribution in [0.5, 0.6) is 0 Å². The van der Waals surface area contributed by atoms with Crippen molar-refractivity contribution in [3.8, 4) is 0 Å². The van der Waals surface area contributed by atoms with Crippen molar-refractivity contribution in [3.63, 3.8) is 0 Å². The minimum atomic E-state index is -1.32. The van der Waals surface area contributed by atoms with E-state index in [1.807, 2.05) is 13.8 Å². The fourth-order valence-electron chi connectivity index (χ4n) is 3.00. The Morgan fingerprint density at radius 2 is 1.50 bits per heavy atom. The van der Waals surface area contributed by atoms with Gasteiger partial charge in [-0.05, 0) is 31.7 Å². The Morgan fingerprint density at radius 3 is 2.00 bits per heavy atom. The molecule has 1 rings (SSSR count). The number of carboxylic acids is 1. The van der Waals surface area contributed by atoms with Crippen LogP contribution in [0.2, 0.25) is 0 Å². The van der Waals surface area contributed by atoms with Gasteiger partial charge in [0.05, 0.1) is 12.1 Å². The molecule has 1 aromatic rings. The van der Waals surface area contributed by atoms with E-state index >= 15 is 0 Å². The van der Waals surface area contributed by atoms with E-state index in [0.29, 0.717) is 6.42 Å². The normalized spacial score (nSPS) is 15.7. The zero-order valence-electron chi connectivity index (χ0n) is 18.9. The third-order valence-corrected chi connectivity index (χ3v) is 4.77. The Kier molecular flexibility index (Phi) is 10.8. The smallest absolute Gasteiger partial charge is 0.326 e. The van der Waals surface area contributed by atoms with Crippen LogP contribution in [0.1, 0.15) is 39.7 Å². The predicted octanol–water partition coefficient (Wildman–Crippen LogP) is -0.458. The van der Waals surface area contributed by atoms with Gasteiger partial charge in [0.2, 0.25) is 17.7 Å². The van der Waals surface area contributed by atoms with Crippen LogP contribution in [-0.2, 0) is 25.6 Å². The highest BCUT2D eigenvalue weighted by Crippen LogP contribution is 2.05. The fraction of sp³-hybridized carbons (Fsp3) is 0.545. The summed E-state index contributed by atoms with van der Waals surface area (Å²) in [6, 6.07) is 4.33. The second kappa shape index (κ2) is 12.8. The minimum absolute atomic E-state index is 0.0721. The van der Waals surface area contributed by atoms with Crippen molar-refractivity contribution in [2.24, 2.45) is 11.7 Å². The van der Waals surface area contributed by atoms with Gasteiger partial charge in [-0.2, -0.15) is 0 Å². The van der Waals surface area contributed by atoms with Crippen LogP contribution in [-0.4, -0.2) is 64.2 Å². The van der Waals surface area contributed by atoms with Gasteiger partial charge in [0.25, 0.3) is 0 Å². The number of hydrogen-bond donors (Lipinski definition) is 6. The molecule has 0 aromatic heterocycles. The third-order valence-electron chi connectivity index (χ3n) is 4.77. The molecule has 0 bridgehead atoms. The molecule has 0 aliphatic heterocycles. The van der Waals surface area contributed by atoms with E-state index in [0.717, 1.165) is 5.56 Å². The van der Waals surface area contributed by atoms with Crippen molar-refractivity contribution in [3.05, 3.63) is 35.9 Å². The first-order valence-corrected chi connectivity index (χ1v) is 10.5. The molecule has 10 heteroatoms. The number of rotatable bonds is 12. The number of aliphatic carboxylic acids is 1. The third kappa shape index (κ3) is 9.03. The molecule has 0 aliphatic rings. The summed E-state index contributed by atoms with van der Waals surface area (Å²) in [5, 5.41) is 26.6. The largest absolute Gasteiger partial charge is 0.480 e. The monoisotopic (exact) mass is 450 g/mol. The summed E-state index contributed by atoms with van der Waals surface area (Å²) in [7, 11) is 0. The number of amides is 3. The molecular weight excluding hydrogens is 416 g/mol. The van der Waals surface area contributed by atoms with E-state index < -0.39 is 54.0 Å². The van der Waals surface area contributed by atoms with Gasteiger partial charge >= 0.3 is 5.97 Å². The molecule has 0 saturated carbocycles. The lowest BCUT2D eigenvalue weighted by Crippen LogP contribution is -2.59. The molecule has 5 unspecified atom stereocenters. The molecule has 10 nitrogen and oxygen atoms in total. The topological polar surface area (TPSA) is 171 Å². The lowest BCUT2D eigenvalue weighted by Gasteiger charge is -2.25. The molecule has 5 atom stereocenters. The first kappa shape index (κ1) is 27.1. The van der Waals surface area contributed by atoms with Crippen molar-refractivity contribution in [1.29, 1.82) is 0 Å². The van der Waals surface area contributed by atoms with Gasteiger partial charge in [0, 0.05) is 6.42 Å². The Hall–Kier alpha value is -2.98. The van der Waals surface area contributed by atoms with Crippen molar-refractivity contribution in [2.45, 2.75) is 70.8 Å². The summed E-state index contributed by atoms with van der Waals surface area (Å²) in [5.41, 5.74) is 6.55. The van der Waals surface area contributed by atoms with Crippen molar-refractivity contribution in [1.82, 2.24) is 16.0 Å². The maximum atomic E-state index is 12.6. The maximum absolute atomic E-state index is 12.6. The molecule has 3 amide bonds. The second-order valence-electron chi connectivity index (χ2n) is 8.28. The van der Waals surface area contributed by atoms with Gasteiger partial charge in [-0.25, -0.2) is 4.79 Å².